The summed E-state index contributed by atoms with van der Waals surface area (Å²) in [6, 6.07) is 8.25. The number of aryl methyl sites for hydroxylation is 1. The van der Waals surface area contributed by atoms with Crippen molar-refractivity contribution in [2.45, 2.75) is 32.2 Å². The van der Waals surface area contributed by atoms with E-state index < -0.39 is 0 Å². The van der Waals surface area contributed by atoms with Gasteiger partial charge in [-0.1, -0.05) is 12.1 Å². The number of piperidine rings is 1. The summed E-state index contributed by atoms with van der Waals surface area (Å²) in [5.41, 5.74) is 1.12. The predicted molar refractivity (Wildman–Crippen MR) is 104 cm³/mol. The second-order valence-electron chi connectivity index (χ2n) is 7.58. The van der Waals surface area contributed by atoms with Gasteiger partial charge in [-0.05, 0) is 49.8 Å². The van der Waals surface area contributed by atoms with Crippen molar-refractivity contribution in [1.29, 1.82) is 0 Å². The van der Waals surface area contributed by atoms with Crippen LogP contribution in [0.5, 0.6) is 5.75 Å². The lowest BCUT2D eigenvalue weighted by molar-refractivity contribution is -0.137. The fourth-order valence-electron chi connectivity index (χ4n) is 4.21. The number of rotatable bonds is 7. The van der Waals surface area contributed by atoms with Crippen LogP contribution in [0, 0.1) is 12.8 Å². The first-order chi connectivity index (χ1) is 13.2. The van der Waals surface area contributed by atoms with E-state index in [-0.39, 0.29) is 19.1 Å². The highest BCUT2D eigenvalue weighted by molar-refractivity contribution is 5.77. The number of ether oxygens (including phenoxy) is 2. The minimum Gasteiger partial charge on any atom is -0.484 e. The van der Waals surface area contributed by atoms with Gasteiger partial charge in [0.25, 0.3) is 5.91 Å². The van der Waals surface area contributed by atoms with Gasteiger partial charge in [0.05, 0.1) is 13.2 Å². The third kappa shape index (κ3) is 5.67. The molecule has 0 aromatic heterocycles. The maximum Gasteiger partial charge on any atom is 0.260 e. The SMILES string of the molecule is Cc1cccc(OCC(=O)N2CCC(N3CCOCC3)C(CCCO)C2)c1. The summed E-state index contributed by atoms with van der Waals surface area (Å²) >= 11 is 0. The molecule has 3 rings (SSSR count). The maximum absolute atomic E-state index is 12.7. The summed E-state index contributed by atoms with van der Waals surface area (Å²) in [7, 11) is 0. The Balaban J connectivity index is 1.55. The van der Waals surface area contributed by atoms with E-state index in [1.807, 2.05) is 36.1 Å². The molecule has 6 heteroatoms. The van der Waals surface area contributed by atoms with Crippen LogP contribution < -0.4 is 4.74 Å². The van der Waals surface area contributed by atoms with Gasteiger partial charge in [0, 0.05) is 38.8 Å². The van der Waals surface area contributed by atoms with Gasteiger partial charge >= 0.3 is 0 Å². The molecule has 2 atom stereocenters. The first kappa shape index (κ1) is 20.1. The minimum absolute atomic E-state index is 0.0472. The van der Waals surface area contributed by atoms with Crippen LogP contribution in [0.15, 0.2) is 24.3 Å². The van der Waals surface area contributed by atoms with Gasteiger partial charge in [0.1, 0.15) is 5.75 Å². The molecule has 6 nitrogen and oxygen atoms in total. The van der Waals surface area contributed by atoms with Crippen LogP contribution in [0.4, 0.5) is 0 Å². The summed E-state index contributed by atoms with van der Waals surface area (Å²) in [4.78, 5) is 17.1. The number of aliphatic hydroxyl groups excluding tert-OH is 1. The van der Waals surface area contributed by atoms with E-state index in [0.29, 0.717) is 12.0 Å². The minimum atomic E-state index is 0.0472. The van der Waals surface area contributed by atoms with Crippen molar-refractivity contribution in [3.05, 3.63) is 29.8 Å². The van der Waals surface area contributed by atoms with Crippen LogP contribution in [0.1, 0.15) is 24.8 Å². The highest BCUT2D eigenvalue weighted by Gasteiger charge is 2.35. The molecular formula is C21H32N2O4. The second kappa shape index (κ2) is 10.1. The quantitative estimate of drug-likeness (QED) is 0.785. The molecule has 0 spiro atoms. The fourth-order valence-corrected chi connectivity index (χ4v) is 4.21. The van der Waals surface area contributed by atoms with E-state index in [2.05, 4.69) is 4.90 Å². The zero-order chi connectivity index (χ0) is 19.1. The molecular weight excluding hydrogens is 344 g/mol. The third-order valence-electron chi connectivity index (χ3n) is 5.65. The molecule has 150 valence electrons. The van der Waals surface area contributed by atoms with Crippen LogP contribution in [-0.4, -0.2) is 79.5 Å². The summed E-state index contributed by atoms with van der Waals surface area (Å²) < 4.78 is 11.2. The number of nitrogens with zero attached hydrogens (tertiary/aromatic N) is 2. The molecule has 1 aromatic carbocycles. The Morgan fingerprint density at radius 3 is 2.85 bits per heavy atom. The Kier molecular flexibility index (Phi) is 7.50. The van der Waals surface area contributed by atoms with E-state index in [1.54, 1.807) is 0 Å². The van der Waals surface area contributed by atoms with Crippen molar-refractivity contribution in [2.24, 2.45) is 5.92 Å². The summed E-state index contributed by atoms with van der Waals surface area (Å²) in [6.07, 6.45) is 2.71. The average Bonchev–Trinajstić information content (AvgIpc) is 2.71. The number of benzene rings is 1. The molecule has 0 bridgehead atoms. The van der Waals surface area contributed by atoms with Crippen molar-refractivity contribution in [3.8, 4) is 5.75 Å². The zero-order valence-electron chi connectivity index (χ0n) is 16.3. The lowest BCUT2D eigenvalue weighted by atomic mass is 9.86. The monoisotopic (exact) mass is 376 g/mol. The number of carbonyl (C=O) groups excluding carboxylic acids is 1. The van der Waals surface area contributed by atoms with E-state index >= 15 is 0 Å². The second-order valence-corrected chi connectivity index (χ2v) is 7.58. The number of hydrogen-bond donors (Lipinski definition) is 1. The number of aliphatic hydroxyl groups is 1. The van der Waals surface area contributed by atoms with Crippen LogP contribution >= 0.6 is 0 Å². The highest BCUT2D eigenvalue weighted by atomic mass is 16.5. The van der Waals surface area contributed by atoms with Crippen molar-refractivity contribution < 1.29 is 19.4 Å². The van der Waals surface area contributed by atoms with Crippen LogP contribution in [-0.2, 0) is 9.53 Å². The predicted octanol–water partition coefficient (Wildman–Crippen LogP) is 1.70. The smallest absolute Gasteiger partial charge is 0.260 e. The van der Waals surface area contributed by atoms with Crippen molar-refractivity contribution in [1.82, 2.24) is 9.80 Å². The van der Waals surface area contributed by atoms with Gasteiger partial charge in [-0.3, -0.25) is 9.69 Å². The van der Waals surface area contributed by atoms with E-state index in [4.69, 9.17) is 9.47 Å². The lowest BCUT2D eigenvalue weighted by Gasteiger charge is -2.45. The molecule has 2 heterocycles. The Hall–Kier alpha value is -1.63. The molecule has 2 saturated heterocycles. The molecule has 27 heavy (non-hydrogen) atoms. The molecule has 2 fully saturated rings. The van der Waals surface area contributed by atoms with Crippen molar-refractivity contribution >= 4 is 5.91 Å². The van der Waals surface area contributed by atoms with E-state index in [9.17, 15) is 9.90 Å². The molecule has 0 aliphatic carbocycles. The van der Waals surface area contributed by atoms with Gasteiger partial charge in [-0.25, -0.2) is 0 Å². The first-order valence-corrected chi connectivity index (χ1v) is 10.1. The van der Waals surface area contributed by atoms with Crippen molar-refractivity contribution in [3.63, 3.8) is 0 Å². The normalized spacial score (nSPS) is 24.0. The standard InChI is InChI=1S/C21H32N2O4/c1-17-4-2-6-19(14-17)27-16-21(25)23-8-7-20(18(15-23)5-3-11-24)22-9-12-26-13-10-22/h2,4,6,14,18,20,24H,3,5,7-13,15-16H2,1H3. The molecule has 1 amide bonds. The third-order valence-corrected chi connectivity index (χ3v) is 5.65. The molecule has 2 unspecified atom stereocenters. The first-order valence-electron chi connectivity index (χ1n) is 10.1. The zero-order valence-corrected chi connectivity index (χ0v) is 16.3. The van der Waals surface area contributed by atoms with Crippen LogP contribution in [0.25, 0.3) is 0 Å². The van der Waals surface area contributed by atoms with Crippen molar-refractivity contribution in [2.75, 3.05) is 52.6 Å². The number of hydrogen-bond acceptors (Lipinski definition) is 5. The average molecular weight is 376 g/mol. The van der Waals surface area contributed by atoms with Crippen LogP contribution in [0.2, 0.25) is 0 Å². The molecule has 2 aliphatic rings. The Bertz CT molecular complexity index is 604. The van der Waals surface area contributed by atoms with Gasteiger partial charge < -0.3 is 19.5 Å². The Labute approximate surface area is 162 Å². The number of carbonyl (C=O) groups is 1. The van der Waals surface area contributed by atoms with Gasteiger partial charge in [0.2, 0.25) is 0 Å². The van der Waals surface area contributed by atoms with E-state index in [0.717, 1.165) is 70.0 Å². The summed E-state index contributed by atoms with van der Waals surface area (Å²) in [5.74, 6) is 1.18. The highest BCUT2D eigenvalue weighted by Crippen LogP contribution is 2.27. The topological polar surface area (TPSA) is 62.2 Å². The molecule has 1 aromatic rings. The van der Waals surface area contributed by atoms with Crippen LogP contribution in [0.3, 0.4) is 0 Å². The molecule has 0 radical (unpaired) electrons. The fraction of sp³-hybridized carbons (Fsp3) is 0.667. The molecule has 0 saturated carbocycles. The maximum atomic E-state index is 12.7. The molecule has 1 N–H and O–H groups in total. The Morgan fingerprint density at radius 2 is 2.11 bits per heavy atom. The van der Waals surface area contributed by atoms with Gasteiger partial charge in [-0.2, -0.15) is 0 Å². The summed E-state index contributed by atoms with van der Waals surface area (Å²) in [6.45, 7) is 7.32. The number of amides is 1. The lowest BCUT2D eigenvalue weighted by Crippen LogP contribution is -2.55. The summed E-state index contributed by atoms with van der Waals surface area (Å²) in [5, 5.41) is 9.27. The Morgan fingerprint density at radius 1 is 1.30 bits per heavy atom. The van der Waals surface area contributed by atoms with Gasteiger partial charge in [-0.15, -0.1) is 0 Å². The molecule has 2 aliphatic heterocycles. The van der Waals surface area contributed by atoms with Gasteiger partial charge in [0.15, 0.2) is 6.61 Å². The number of likely N-dealkylation sites (tertiary alicyclic amines) is 1. The largest absolute Gasteiger partial charge is 0.484 e. The number of morpholine rings is 1. The van der Waals surface area contributed by atoms with E-state index in [1.165, 1.54) is 0 Å².